The van der Waals surface area contributed by atoms with Crippen molar-refractivity contribution in [2.24, 2.45) is 0 Å². The number of aliphatic hydroxyl groups is 7. The molecule has 0 saturated carbocycles. The predicted molar refractivity (Wildman–Crippen MR) is 298 cm³/mol. The molecule has 0 spiro atoms. The van der Waals surface area contributed by atoms with E-state index >= 15 is 0 Å². The zero-order chi connectivity index (χ0) is 52.5. The highest BCUT2D eigenvalue weighted by atomic mass is 16.7. The van der Waals surface area contributed by atoms with Crippen molar-refractivity contribution in [2.75, 3.05) is 13.2 Å². The summed E-state index contributed by atoms with van der Waals surface area (Å²) in [5, 5.41) is 76.0. The number of allylic oxidation sites excluding steroid dienone is 6. The molecule has 1 saturated heterocycles. The van der Waals surface area contributed by atoms with Crippen LogP contribution in [0.15, 0.2) is 36.5 Å². The van der Waals surface area contributed by atoms with Gasteiger partial charge < -0.3 is 50.5 Å². The summed E-state index contributed by atoms with van der Waals surface area (Å²) in [6.07, 6.45) is 50.9. The normalized spacial score (nSPS) is 20.3. The summed E-state index contributed by atoms with van der Waals surface area (Å²) in [5.74, 6) is -0.709. The summed E-state index contributed by atoms with van der Waals surface area (Å²) >= 11 is 0. The molecule has 1 aliphatic heterocycles. The molecule has 0 aromatic heterocycles. The van der Waals surface area contributed by atoms with Crippen LogP contribution in [-0.4, -0.2) is 110 Å². The number of hydrogen-bond donors (Lipinski definition) is 8. The topological polar surface area (TPSA) is 189 Å². The Labute approximate surface area is 441 Å². The maximum Gasteiger partial charge on any atom is 0.249 e. The van der Waals surface area contributed by atoms with Crippen molar-refractivity contribution in [3.63, 3.8) is 0 Å². The molecule has 11 nitrogen and oxygen atoms in total. The van der Waals surface area contributed by atoms with Gasteiger partial charge in [0.05, 0.1) is 25.4 Å². The van der Waals surface area contributed by atoms with Gasteiger partial charge in [-0.1, -0.05) is 256 Å². The van der Waals surface area contributed by atoms with Crippen molar-refractivity contribution in [1.82, 2.24) is 5.32 Å². The van der Waals surface area contributed by atoms with E-state index in [0.717, 1.165) is 51.4 Å². The number of rotatable bonds is 52. The van der Waals surface area contributed by atoms with E-state index in [2.05, 4.69) is 55.6 Å². The molecule has 0 aliphatic carbocycles. The lowest BCUT2D eigenvalue weighted by Crippen LogP contribution is -2.60. The van der Waals surface area contributed by atoms with Crippen LogP contribution in [-0.2, 0) is 14.3 Å². The minimum atomic E-state index is -1.67. The Kier molecular flexibility index (Phi) is 47.6. The fourth-order valence-electron chi connectivity index (χ4n) is 9.72. The van der Waals surface area contributed by atoms with Gasteiger partial charge in [0.15, 0.2) is 6.29 Å². The SMILES string of the molecule is CCC/C=C/CC/C=C/CC/C=C/CCCC(O)C(O)C(COC1OC(CO)C(O)C(O)C1O)NC(=O)C(O)CCCCCCCCCCCCCCCCCCCCCCCCCCCCCCCCC. The van der Waals surface area contributed by atoms with Gasteiger partial charge >= 0.3 is 0 Å². The van der Waals surface area contributed by atoms with Crippen LogP contribution in [0.5, 0.6) is 0 Å². The third-order valence-electron chi connectivity index (χ3n) is 14.6. The monoisotopic (exact) mass is 1020 g/mol. The fourth-order valence-corrected chi connectivity index (χ4v) is 9.72. The molecule has 0 aromatic rings. The van der Waals surface area contributed by atoms with Gasteiger partial charge in [-0.2, -0.15) is 0 Å². The molecular weight excluding hydrogens is 907 g/mol. The lowest BCUT2D eigenvalue weighted by molar-refractivity contribution is -0.303. The first kappa shape index (κ1) is 68.3. The number of amides is 1. The van der Waals surface area contributed by atoms with Crippen molar-refractivity contribution in [3.8, 4) is 0 Å². The van der Waals surface area contributed by atoms with E-state index in [1.54, 1.807) is 0 Å². The number of nitrogens with one attached hydrogen (secondary N) is 1. The average Bonchev–Trinajstić information content (AvgIpc) is 3.38. The molecular formula is C61H115NO10. The number of aliphatic hydroxyl groups excluding tert-OH is 7. The molecule has 1 rings (SSSR count). The van der Waals surface area contributed by atoms with Crippen LogP contribution in [0, 0.1) is 0 Å². The van der Waals surface area contributed by atoms with Crippen LogP contribution in [0.1, 0.15) is 277 Å². The summed E-state index contributed by atoms with van der Waals surface area (Å²) in [7, 11) is 0. The minimum absolute atomic E-state index is 0.242. The second-order valence-corrected chi connectivity index (χ2v) is 21.4. The fraction of sp³-hybridized carbons (Fsp3) is 0.885. The molecule has 72 heavy (non-hydrogen) atoms. The zero-order valence-corrected chi connectivity index (χ0v) is 46.4. The van der Waals surface area contributed by atoms with Gasteiger partial charge in [-0.25, -0.2) is 0 Å². The molecule has 0 aromatic carbocycles. The highest BCUT2D eigenvalue weighted by Gasteiger charge is 2.44. The zero-order valence-electron chi connectivity index (χ0n) is 46.4. The van der Waals surface area contributed by atoms with E-state index in [0.29, 0.717) is 19.3 Å². The molecule has 0 radical (unpaired) electrons. The first-order chi connectivity index (χ1) is 35.2. The Hall–Kier alpha value is -1.67. The van der Waals surface area contributed by atoms with Crippen LogP contribution in [0.25, 0.3) is 0 Å². The average molecular weight is 1020 g/mol. The van der Waals surface area contributed by atoms with Gasteiger partial charge in [-0.3, -0.25) is 4.79 Å². The maximum absolute atomic E-state index is 13.2. The number of hydrogen-bond acceptors (Lipinski definition) is 10. The Balaban J connectivity index is 2.20. The van der Waals surface area contributed by atoms with E-state index in [1.807, 2.05) is 0 Å². The second-order valence-electron chi connectivity index (χ2n) is 21.4. The van der Waals surface area contributed by atoms with Gasteiger partial charge in [-0.15, -0.1) is 0 Å². The Morgan fingerprint density at radius 1 is 0.472 bits per heavy atom. The van der Waals surface area contributed by atoms with Crippen molar-refractivity contribution < 1.29 is 50.0 Å². The maximum atomic E-state index is 13.2. The quantitative estimate of drug-likeness (QED) is 0.0215. The molecule has 11 heteroatoms. The standard InChI is InChI=1S/C61H115NO10/c1-3-5-7-9-11-13-15-17-19-20-21-22-23-24-25-26-27-28-29-30-31-32-33-34-35-37-39-41-43-45-47-49-54(65)60(70)62-52(51-71-61-59(69)58(68)57(67)55(50-63)72-61)56(66)53(64)48-46-44-42-40-38-36-18-16-14-12-10-8-6-4-2/h8,10,16,18,40,42,52-59,61,63-69H,3-7,9,11-15,17,19-39,41,43-51H2,1-2H3,(H,62,70)/b10-8+,18-16+,42-40+. The van der Waals surface area contributed by atoms with Gasteiger partial charge in [-0.05, 0) is 57.8 Å². The van der Waals surface area contributed by atoms with Crippen molar-refractivity contribution in [2.45, 2.75) is 332 Å². The van der Waals surface area contributed by atoms with Gasteiger partial charge in [0.1, 0.15) is 36.6 Å². The van der Waals surface area contributed by atoms with E-state index in [1.165, 1.54) is 180 Å². The Morgan fingerprint density at radius 2 is 0.847 bits per heavy atom. The summed E-state index contributed by atoms with van der Waals surface area (Å²) in [5.41, 5.74) is 0. The lowest BCUT2D eigenvalue weighted by atomic mass is 9.98. The Morgan fingerprint density at radius 3 is 1.24 bits per heavy atom. The molecule has 0 bridgehead atoms. The smallest absolute Gasteiger partial charge is 0.249 e. The van der Waals surface area contributed by atoms with Gasteiger partial charge in [0.25, 0.3) is 0 Å². The van der Waals surface area contributed by atoms with E-state index in [4.69, 9.17) is 9.47 Å². The molecule has 1 aliphatic rings. The van der Waals surface area contributed by atoms with Crippen LogP contribution >= 0.6 is 0 Å². The van der Waals surface area contributed by atoms with Crippen molar-refractivity contribution in [1.29, 1.82) is 0 Å². The molecule has 1 amide bonds. The summed E-state index contributed by atoms with van der Waals surface area (Å²) < 4.78 is 11.1. The predicted octanol–water partition coefficient (Wildman–Crippen LogP) is 13.1. The van der Waals surface area contributed by atoms with E-state index in [-0.39, 0.29) is 12.8 Å². The summed E-state index contributed by atoms with van der Waals surface area (Å²) in [4.78, 5) is 13.2. The van der Waals surface area contributed by atoms with Crippen LogP contribution in [0.2, 0.25) is 0 Å². The highest BCUT2D eigenvalue weighted by molar-refractivity contribution is 5.80. The first-order valence-corrected chi connectivity index (χ1v) is 30.4. The van der Waals surface area contributed by atoms with Crippen molar-refractivity contribution >= 4 is 5.91 Å². The third-order valence-corrected chi connectivity index (χ3v) is 14.6. The van der Waals surface area contributed by atoms with Gasteiger partial charge in [0, 0.05) is 0 Å². The largest absolute Gasteiger partial charge is 0.394 e. The molecule has 1 heterocycles. The van der Waals surface area contributed by atoms with E-state index < -0.39 is 74.2 Å². The van der Waals surface area contributed by atoms with Crippen molar-refractivity contribution in [3.05, 3.63) is 36.5 Å². The minimum Gasteiger partial charge on any atom is -0.394 e. The van der Waals surface area contributed by atoms with Crippen LogP contribution < -0.4 is 5.32 Å². The first-order valence-electron chi connectivity index (χ1n) is 30.4. The Bertz CT molecular complexity index is 1260. The summed E-state index contributed by atoms with van der Waals surface area (Å²) in [6, 6.07) is -1.19. The number of unbranched alkanes of at least 4 members (excludes halogenated alkanes) is 34. The number of ether oxygens (including phenoxy) is 2. The number of carbonyl (C=O) groups is 1. The van der Waals surface area contributed by atoms with Crippen LogP contribution in [0.4, 0.5) is 0 Å². The highest BCUT2D eigenvalue weighted by Crippen LogP contribution is 2.23. The second kappa shape index (κ2) is 50.2. The molecule has 8 N–H and O–H groups in total. The molecule has 9 unspecified atom stereocenters. The van der Waals surface area contributed by atoms with Crippen LogP contribution in [0.3, 0.4) is 0 Å². The lowest BCUT2D eigenvalue weighted by Gasteiger charge is -2.40. The number of carbonyl (C=O) groups excluding carboxylic acids is 1. The third kappa shape index (κ3) is 38.0. The molecule has 424 valence electrons. The van der Waals surface area contributed by atoms with E-state index in [9.17, 15) is 40.5 Å². The summed E-state index contributed by atoms with van der Waals surface area (Å²) in [6.45, 7) is 3.39. The van der Waals surface area contributed by atoms with Gasteiger partial charge in [0.2, 0.25) is 5.91 Å². The molecule has 1 fully saturated rings. The molecule has 9 atom stereocenters.